The molecule has 0 bridgehead atoms. The van der Waals surface area contributed by atoms with Crippen molar-refractivity contribution < 1.29 is 18.8 Å². The van der Waals surface area contributed by atoms with Crippen LogP contribution in [0.15, 0.2) is 69.8 Å². The van der Waals surface area contributed by atoms with E-state index in [0.29, 0.717) is 34.6 Å². The van der Waals surface area contributed by atoms with Crippen LogP contribution in [0.3, 0.4) is 0 Å². The van der Waals surface area contributed by atoms with Gasteiger partial charge in [0.15, 0.2) is 0 Å². The number of nitrogens with zero attached hydrogens (tertiary/aromatic N) is 3. The van der Waals surface area contributed by atoms with Crippen LogP contribution in [-0.2, 0) is 11.3 Å². The van der Waals surface area contributed by atoms with Crippen molar-refractivity contribution in [3.05, 3.63) is 65.3 Å². The molecular weight excluding hydrogens is 464 g/mol. The minimum absolute atomic E-state index is 0.0673. The van der Waals surface area contributed by atoms with Gasteiger partial charge in [-0.1, -0.05) is 21.1 Å². The molecule has 2 heterocycles. The molecule has 8 nitrogen and oxygen atoms in total. The summed E-state index contributed by atoms with van der Waals surface area (Å²) in [5.41, 5.74) is 2.06. The molecule has 0 aliphatic rings. The third kappa shape index (κ3) is 4.77. The maximum absolute atomic E-state index is 12.6. The summed E-state index contributed by atoms with van der Waals surface area (Å²) in [5.74, 6) is 1.76. The molecule has 0 spiro atoms. The Hall–Kier alpha value is -3.59. The summed E-state index contributed by atoms with van der Waals surface area (Å²) in [4.78, 5) is 17.1. The first kappa shape index (κ1) is 20.7. The highest BCUT2D eigenvalue weighted by Crippen LogP contribution is 2.27. The molecule has 4 aromatic rings. The molecule has 31 heavy (non-hydrogen) atoms. The number of benzene rings is 2. The second-order valence-corrected chi connectivity index (χ2v) is 7.52. The summed E-state index contributed by atoms with van der Waals surface area (Å²) in [5, 5.41) is 6.91. The van der Waals surface area contributed by atoms with E-state index in [0.717, 1.165) is 10.0 Å². The maximum Gasteiger partial charge on any atom is 0.274 e. The number of rotatable bonds is 7. The minimum atomic E-state index is -0.222. The highest BCUT2D eigenvalue weighted by molar-refractivity contribution is 9.10. The van der Waals surface area contributed by atoms with Crippen molar-refractivity contribution in [2.24, 2.45) is 0 Å². The fourth-order valence-corrected chi connectivity index (χ4v) is 3.29. The van der Waals surface area contributed by atoms with Crippen LogP contribution in [0.4, 0.5) is 5.69 Å². The lowest BCUT2D eigenvalue weighted by molar-refractivity contribution is -0.116. The van der Waals surface area contributed by atoms with Gasteiger partial charge in [0.1, 0.15) is 23.7 Å². The monoisotopic (exact) mass is 482 g/mol. The summed E-state index contributed by atoms with van der Waals surface area (Å²) in [6.45, 7) is 0.0673. The first-order chi connectivity index (χ1) is 15.1. The van der Waals surface area contributed by atoms with Gasteiger partial charge in [0.25, 0.3) is 5.89 Å². The Balaban J connectivity index is 1.50. The van der Waals surface area contributed by atoms with Gasteiger partial charge < -0.3 is 23.9 Å². The molecular formula is C22H19BrN4O4. The number of methoxy groups -OCH3 is 2. The van der Waals surface area contributed by atoms with Crippen LogP contribution in [0.1, 0.15) is 0 Å². The van der Waals surface area contributed by atoms with Crippen molar-refractivity contribution >= 4 is 27.5 Å². The number of aromatic nitrogens is 3. The molecule has 2 aromatic carbocycles. The predicted octanol–water partition coefficient (Wildman–Crippen LogP) is 4.62. The van der Waals surface area contributed by atoms with Crippen molar-refractivity contribution in [3.63, 3.8) is 0 Å². The number of anilines is 1. The minimum Gasteiger partial charge on any atom is -0.497 e. The number of hydrogen-bond donors (Lipinski definition) is 1. The summed E-state index contributed by atoms with van der Waals surface area (Å²) in [7, 11) is 3.11. The van der Waals surface area contributed by atoms with E-state index in [1.165, 1.54) is 0 Å². The quantitative estimate of drug-likeness (QED) is 0.413. The summed E-state index contributed by atoms with van der Waals surface area (Å²) < 4.78 is 18.6. The van der Waals surface area contributed by atoms with Crippen LogP contribution in [-0.4, -0.2) is 34.8 Å². The fourth-order valence-electron chi connectivity index (χ4n) is 3.02. The molecule has 158 valence electrons. The highest BCUT2D eigenvalue weighted by atomic mass is 79.9. The predicted molar refractivity (Wildman–Crippen MR) is 119 cm³/mol. The van der Waals surface area contributed by atoms with Crippen LogP contribution in [0.25, 0.3) is 23.0 Å². The first-order valence-electron chi connectivity index (χ1n) is 9.34. The number of hydrogen-bond acceptors (Lipinski definition) is 6. The number of halogens is 1. The van der Waals surface area contributed by atoms with Crippen LogP contribution in [0.2, 0.25) is 0 Å². The lowest BCUT2D eigenvalue weighted by atomic mass is 10.2. The van der Waals surface area contributed by atoms with Gasteiger partial charge in [0, 0.05) is 40.1 Å². The van der Waals surface area contributed by atoms with Gasteiger partial charge in [-0.05, 0) is 36.4 Å². The Morgan fingerprint density at radius 3 is 2.48 bits per heavy atom. The van der Waals surface area contributed by atoms with Gasteiger partial charge in [-0.2, -0.15) is 4.98 Å². The average molecular weight is 483 g/mol. The van der Waals surface area contributed by atoms with E-state index in [9.17, 15) is 4.79 Å². The van der Waals surface area contributed by atoms with Crippen molar-refractivity contribution in [2.75, 3.05) is 19.5 Å². The standard InChI is InChI=1S/C22H19BrN4O4/c1-29-17-10-16(11-18(12-17)30-2)24-20(28)13-27-9-3-4-19(27)22-25-21(26-31-22)14-5-7-15(23)8-6-14/h3-12H,13H2,1-2H3,(H,24,28). The topological polar surface area (TPSA) is 91.4 Å². The van der Waals surface area contributed by atoms with E-state index >= 15 is 0 Å². The van der Waals surface area contributed by atoms with Crippen molar-refractivity contribution in [1.29, 1.82) is 0 Å². The molecule has 0 atom stereocenters. The zero-order valence-electron chi connectivity index (χ0n) is 16.8. The number of carbonyl (C=O) groups is 1. The Labute approximate surface area is 186 Å². The molecule has 9 heteroatoms. The van der Waals surface area contributed by atoms with Crippen LogP contribution >= 0.6 is 15.9 Å². The van der Waals surface area contributed by atoms with E-state index in [4.69, 9.17) is 14.0 Å². The zero-order valence-corrected chi connectivity index (χ0v) is 18.4. The van der Waals surface area contributed by atoms with E-state index < -0.39 is 0 Å². The van der Waals surface area contributed by atoms with E-state index in [1.54, 1.807) is 43.2 Å². The smallest absolute Gasteiger partial charge is 0.274 e. The van der Waals surface area contributed by atoms with E-state index in [2.05, 4.69) is 31.4 Å². The third-order valence-corrected chi connectivity index (χ3v) is 5.05. The largest absolute Gasteiger partial charge is 0.497 e. The van der Waals surface area contributed by atoms with Crippen LogP contribution in [0.5, 0.6) is 11.5 Å². The maximum atomic E-state index is 12.6. The van der Waals surface area contributed by atoms with Gasteiger partial charge >= 0.3 is 0 Å². The number of ether oxygens (including phenoxy) is 2. The number of carbonyl (C=O) groups excluding carboxylic acids is 1. The van der Waals surface area contributed by atoms with E-state index in [1.807, 2.05) is 36.4 Å². The van der Waals surface area contributed by atoms with E-state index in [-0.39, 0.29) is 12.5 Å². The number of amides is 1. The van der Waals surface area contributed by atoms with Gasteiger partial charge in [0.2, 0.25) is 11.7 Å². The highest BCUT2D eigenvalue weighted by Gasteiger charge is 2.16. The van der Waals surface area contributed by atoms with Gasteiger partial charge in [-0.3, -0.25) is 4.79 Å². The fraction of sp³-hybridized carbons (Fsp3) is 0.136. The summed E-state index contributed by atoms with van der Waals surface area (Å²) in [6, 6.07) is 16.4. The van der Waals surface area contributed by atoms with Crippen molar-refractivity contribution in [2.45, 2.75) is 6.54 Å². The Morgan fingerprint density at radius 2 is 1.81 bits per heavy atom. The zero-order chi connectivity index (χ0) is 21.8. The molecule has 4 rings (SSSR count). The second kappa shape index (κ2) is 9.05. The molecule has 0 saturated heterocycles. The Bertz CT molecular complexity index is 1180. The SMILES string of the molecule is COc1cc(NC(=O)Cn2cccc2-c2nc(-c3ccc(Br)cc3)no2)cc(OC)c1. The molecule has 1 amide bonds. The lowest BCUT2D eigenvalue weighted by Gasteiger charge is -2.11. The molecule has 1 N–H and O–H groups in total. The molecule has 0 radical (unpaired) electrons. The van der Waals surface area contributed by atoms with Crippen molar-refractivity contribution in [3.8, 4) is 34.5 Å². The van der Waals surface area contributed by atoms with Gasteiger partial charge in [0.05, 0.1) is 14.2 Å². The second-order valence-electron chi connectivity index (χ2n) is 6.60. The Morgan fingerprint density at radius 1 is 1.10 bits per heavy atom. The van der Waals surface area contributed by atoms with Crippen molar-refractivity contribution in [1.82, 2.24) is 14.7 Å². The Kier molecular flexibility index (Phi) is 6.03. The molecule has 0 saturated carbocycles. The number of nitrogens with one attached hydrogen (secondary N) is 1. The van der Waals surface area contributed by atoms with Crippen LogP contribution in [0, 0.1) is 0 Å². The van der Waals surface area contributed by atoms with Gasteiger partial charge in [-0.15, -0.1) is 0 Å². The normalized spacial score (nSPS) is 10.7. The van der Waals surface area contributed by atoms with Crippen LogP contribution < -0.4 is 14.8 Å². The molecule has 0 unspecified atom stereocenters. The van der Waals surface area contributed by atoms with Gasteiger partial charge in [-0.25, -0.2) is 0 Å². The summed E-state index contributed by atoms with van der Waals surface area (Å²) in [6.07, 6.45) is 1.78. The molecule has 0 aliphatic heterocycles. The molecule has 0 aliphatic carbocycles. The average Bonchev–Trinajstić information content (AvgIpc) is 3.43. The molecule has 2 aromatic heterocycles. The molecule has 0 fully saturated rings. The lowest BCUT2D eigenvalue weighted by Crippen LogP contribution is -2.18. The third-order valence-electron chi connectivity index (χ3n) is 4.53. The summed E-state index contributed by atoms with van der Waals surface area (Å²) >= 11 is 3.41. The first-order valence-corrected chi connectivity index (χ1v) is 10.1.